The fraction of sp³-hybridized carbons (Fsp3) is 0.700. The molecule has 3 atom stereocenters. The molecule has 3 unspecified atom stereocenters. The zero-order valence-corrected chi connectivity index (χ0v) is 18.4. The van der Waals surface area contributed by atoms with E-state index in [4.69, 9.17) is 4.74 Å². The van der Waals surface area contributed by atoms with Crippen molar-refractivity contribution in [2.75, 3.05) is 13.7 Å². The van der Waals surface area contributed by atoms with E-state index in [1.54, 1.807) is 27.7 Å². The summed E-state index contributed by atoms with van der Waals surface area (Å²) in [5, 5.41) is 8.24. The minimum Gasteiger partial charge on any atom is -0.467 e. The van der Waals surface area contributed by atoms with E-state index in [2.05, 4.69) is 16.0 Å². The highest BCUT2D eigenvalue weighted by atomic mass is 16.5. The number of carbonyl (C=O) groups is 4. The van der Waals surface area contributed by atoms with Crippen molar-refractivity contribution >= 4 is 23.8 Å². The zero-order valence-electron chi connectivity index (χ0n) is 18.4. The summed E-state index contributed by atoms with van der Waals surface area (Å²) in [6, 6.07) is -2.38. The van der Waals surface area contributed by atoms with Crippen molar-refractivity contribution in [3.63, 3.8) is 0 Å². The van der Waals surface area contributed by atoms with E-state index in [-0.39, 0.29) is 42.9 Å². The molecule has 4 amide bonds. The molecule has 0 saturated carbocycles. The second kappa shape index (κ2) is 10.8. The van der Waals surface area contributed by atoms with Crippen LogP contribution in [0.2, 0.25) is 0 Å². The first-order valence-corrected chi connectivity index (χ1v) is 9.87. The van der Waals surface area contributed by atoms with Crippen LogP contribution in [0.1, 0.15) is 48.0 Å². The van der Waals surface area contributed by atoms with Gasteiger partial charge < -0.3 is 25.6 Å². The van der Waals surface area contributed by atoms with Gasteiger partial charge in [0.25, 0.3) is 0 Å². The lowest BCUT2D eigenvalue weighted by Crippen LogP contribution is -2.52. The van der Waals surface area contributed by atoms with Gasteiger partial charge in [0.2, 0.25) is 11.8 Å². The number of hydrogen-bond donors (Lipinski definition) is 3. The van der Waals surface area contributed by atoms with Crippen LogP contribution in [-0.4, -0.2) is 66.5 Å². The molecule has 9 heteroatoms. The maximum Gasteiger partial charge on any atom is 0.328 e. The number of nitrogens with one attached hydrogen (secondary N) is 3. The molecule has 9 nitrogen and oxygen atoms in total. The van der Waals surface area contributed by atoms with Crippen LogP contribution < -0.4 is 16.0 Å². The van der Waals surface area contributed by atoms with Gasteiger partial charge in [-0.1, -0.05) is 19.4 Å². The number of amides is 4. The summed E-state index contributed by atoms with van der Waals surface area (Å²) in [6.45, 7) is 11.1. The lowest BCUT2D eigenvalue weighted by atomic mass is 10.0. The molecule has 0 aliphatic carbocycles. The predicted octanol–water partition coefficient (Wildman–Crippen LogP) is 0.944. The van der Waals surface area contributed by atoms with Crippen LogP contribution in [-0.2, 0) is 19.1 Å². The van der Waals surface area contributed by atoms with Crippen LogP contribution in [0.15, 0.2) is 11.6 Å². The number of rotatable bonds is 7. The van der Waals surface area contributed by atoms with Crippen molar-refractivity contribution in [2.45, 2.75) is 72.1 Å². The maximum atomic E-state index is 12.9. The Hall–Kier alpha value is -2.58. The van der Waals surface area contributed by atoms with Crippen molar-refractivity contribution < 1.29 is 23.9 Å². The van der Waals surface area contributed by atoms with Crippen LogP contribution in [0.5, 0.6) is 0 Å². The highest BCUT2D eigenvalue weighted by Gasteiger charge is 2.41. The third-order valence-corrected chi connectivity index (χ3v) is 4.47. The number of esters is 1. The van der Waals surface area contributed by atoms with E-state index in [0.29, 0.717) is 0 Å². The third-order valence-electron chi connectivity index (χ3n) is 4.47. The third kappa shape index (κ3) is 7.40. The molecule has 1 rings (SSSR count). The number of carbonyl (C=O) groups excluding carboxylic acids is 4. The first-order valence-electron chi connectivity index (χ1n) is 9.87. The predicted molar refractivity (Wildman–Crippen MR) is 109 cm³/mol. The Labute approximate surface area is 172 Å². The number of urea groups is 1. The Bertz CT molecular complexity index is 655. The highest BCUT2D eigenvalue weighted by Crippen LogP contribution is 2.20. The molecule has 1 aliphatic heterocycles. The number of methoxy groups -OCH3 is 1. The van der Waals surface area contributed by atoms with Gasteiger partial charge in [0.05, 0.1) is 13.2 Å². The minimum absolute atomic E-state index is 0.0363. The smallest absolute Gasteiger partial charge is 0.328 e. The van der Waals surface area contributed by atoms with Gasteiger partial charge in [0.15, 0.2) is 0 Å². The Kier molecular flexibility index (Phi) is 9.13. The number of ether oxygens (including phenoxy) is 1. The highest BCUT2D eigenvalue weighted by molar-refractivity contribution is 5.95. The minimum atomic E-state index is -0.816. The molecule has 0 spiro atoms. The van der Waals surface area contributed by atoms with Gasteiger partial charge in [-0.15, -0.1) is 0 Å². The van der Waals surface area contributed by atoms with Gasteiger partial charge in [-0.05, 0) is 40.0 Å². The second-order valence-electron chi connectivity index (χ2n) is 8.19. The van der Waals surface area contributed by atoms with Crippen LogP contribution >= 0.6 is 0 Å². The van der Waals surface area contributed by atoms with Gasteiger partial charge in [-0.2, -0.15) is 0 Å². The van der Waals surface area contributed by atoms with Crippen molar-refractivity contribution in [1.29, 1.82) is 0 Å². The summed E-state index contributed by atoms with van der Waals surface area (Å²) in [6.07, 6.45) is 1.71. The van der Waals surface area contributed by atoms with Crippen LogP contribution in [0, 0.1) is 5.92 Å². The lowest BCUT2D eigenvalue weighted by molar-refractivity contribution is -0.147. The molecular weight excluding hydrogens is 376 g/mol. The Balaban J connectivity index is 2.99. The Morgan fingerprint density at radius 2 is 1.69 bits per heavy atom. The van der Waals surface area contributed by atoms with Crippen LogP contribution in [0.25, 0.3) is 0 Å². The monoisotopic (exact) mass is 410 g/mol. The van der Waals surface area contributed by atoms with E-state index < -0.39 is 24.0 Å². The summed E-state index contributed by atoms with van der Waals surface area (Å²) in [7, 11) is 1.26. The molecule has 0 aromatic rings. The molecule has 0 bridgehead atoms. The first kappa shape index (κ1) is 24.5. The Morgan fingerprint density at radius 3 is 2.17 bits per heavy atom. The number of likely N-dealkylation sites (tertiary alicyclic amines) is 1. The molecule has 3 N–H and O–H groups in total. The largest absolute Gasteiger partial charge is 0.467 e. The molecule has 1 saturated heterocycles. The molecule has 0 radical (unpaired) electrons. The Morgan fingerprint density at radius 1 is 1.07 bits per heavy atom. The standard InChI is InChI=1S/C20H34N4O5/c1-11(2)8-16(25)24-10-14(22-20(28)21-13(5)6)9-15(24)18(26)23-17(12(3)4)19(27)29-7/h8,12-15,17H,9-10H2,1-7H3,(H,23,26)(H2,21,22,28). The van der Waals surface area contributed by atoms with Gasteiger partial charge in [-0.25, -0.2) is 9.59 Å². The summed E-state index contributed by atoms with van der Waals surface area (Å²) < 4.78 is 4.77. The molecule has 1 fully saturated rings. The van der Waals surface area contributed by atoms with Crippen molar-refractivity contribution in [1.82, 2.24) is 20.9 Å². The van der Waals surface area contributed by atoms with Gasteiger partial charge in [0, 0.05) is 18.7 Å². The summed E-state index contributed by atoms with van der Waals surface area (Å²) in [5.74, 6) is -1.48. The van der Waals surface area contributed by atoms with Gasteiger partial charge in [-0.3, -0.25) is 9.59 Å². The quantitative estimate of drug-likeness (QED) is 0.427. The summed E-state index contributed by atoms with van der Waals surface area (Å²) >= 11 is 0. The van der Waals surface area contributed by atoms with Crippen LogP contribution in [0.4, 0.5) is 4.79 Å². The number of allylic oxidation sites excluding steroid dienone is 1. The number of nitrogens with zero attached hydrogens (tertiary/aromatic N) is 1. The van der Waals surface area contributed by atoms with Crippen molar-refractivity contribution in [2.24, 2.45) is 5.92 Å². The lowest BCUT2D eigenvalue weighted by Gasteiger charge is -2.26. The maximum absolute atomic E-state index is 12.9. The molecule has 1 heterocycles. The molecule has 164 valence electrons. The van der Waals surface area contributed by atoms with Gasteiger partial charge >= 0.3 is 12.0 Å². The van der Waals surface area contributed by atoms with E-state index in [9.17, 15) is 19.2 Å². The normalized spacial score (nSPS) is 19.6. The molecule has 0 aromatic heterocycles. The van der Waals surface area contributed by atoms with Crippen LogP contribution in [0.3, 0.4) is 0 Å². The van der Waals surface area contributed by atoms with Crippen molar-refractivity contribution in [3.8, 4) is 0 Å². The van der Waals surface area contributed by atoms with Gasteiger partial charge in [0.1, 0.15) is 12.1 Å². The average molecular weight is 411 g/mol. The fourth-order valence-electron chi connectivity index (χ4n) is 3.13. The SMILES string of the molecule is COC(=O)C(NC(=O)C1CC(NC(=O)NC(C)C)CN1C(=O)C=C(C)C)C(C)C. The molecule has 29 heavy (non-hydrogen) atoms. The second-order valence-corrected chi connectivity index (χ2v) is 8.19. The molecule has 1 aliphatic rings. The van der Waals surface area contributed by atoms with E-state index >= 15 is 0 Å². The summed E-state index contributed by atoms with van der Waals surface area (Å²) in [5.41, 5.74) is 0.803. The van der Waals surface area contributed by atoms with E-state index in [1.807, 2.05) is 13.8 Å². The number of hydrogen-bond acceptors (Lipinski definition) is 5. The summed E-state index contributed by atoms with van der Waals surface area (Å²) in [4.78, 5) is 51.0. The topological polar surface area (TPSA) is 117 Å². The molecular formula is C20H34N4O5. The first-order chi connectivity index (χ1) is 13.5. The average Bonchev–Trinajstić information content (AvgIpc) is 3.01. The zero-order chi connectivity index (χ0) is 22.3. The fourth-order valence-corrected chi connectivity index (χ4v) is 3.13. The van der Waals surface area contributed by atoms with E-state index in [1.165, 1.54) is 18.1 Å². The molecule has 0 aromatic carbocycles. The van der Waals surface area contributed by atoms with Crippen molar-refractivity contribution in [3.05, 3.63) is 11.6 Å². The van der Waals surface area contributed by atoms with E-state index in [0.717, 1.165) is 5.57 Å².